The highest BCUT2D eigenvalue weighted by atomic mass is 32.2. The quantitative estimate of drug-likeness (QED) is 0.242. The second-order valence-electron chi connectivity index (χ2n) is 10.1. The van der Waals surface area contributed by atoms with Gasteiger partial charge in [0.15, 0.2) is 22.1 Å². The molecule has 3 rings (SSSR count). The molecule has 0 saturated carbocycles. The van der Waals surface area contributed by atoms with Crippen LogP contribution in [0.4, 0.5) is 10.2 Å². The molecule has 0 aromatic carbocycles. The molecule has 214 valence electrons. The first-order chi connectivity index (χ1) is 18.3. The van der Waals surface area contributed by atoms with Crippen LogP contribution in [0.5, 0.6) is 0 Å². The van der Waals surface area contributed by atoms with Crippen molar-refractivity contribution in [3.8, 4) is 0 Å². The molecule has 1 aliphatic heterocycles. The number of thioether (sulfide) groups is 1. The van der Waals surface area contributed by atoms with E-state index in [1.807, 2.05) is 0 Å². The predicted molar refractivity (Wildman–Crippen MR) is 140 cm³/mol. The summed E-state index contributed by atoms with van der Waals surface area (Å²) in [5.41, 5.74) is -0.994. The average molecular weight is 568 g/mol. The summed E-state index contributed by atoms with van der Waals surface area (Å²) in [5.74, 6) is -1.66. The number of carbonyl (C=O) groups is 4. The molecule has 2 aromatic rings. The Morgan fingerprint density at radius 2 is 1.90 bits per heavy atom. The number of fused-ring (bicyclic) bond motifs is 1. The fourth-order valence-electron chi connectivity index (χ4n) is 3.83. The number of rotatable bonds is 11. The number of ether oxygens (including phenoxy) is 3. The molecule has 2 aromatic heterocycles. The van der Waals surface area contributed by atoms with Crippen molar-refractivity contribution in [1.29, 1.82) is 0 Å². The summed E-state index contributed by atoms with van der Waals surface area (Å²) in [6.45, 7) is 9.75. The first-order valence-corrected chi connectivity index (χ1v) is 13.7. The highest BCUT2D eigenvalue weighted by Crippen LogP contribution is 2.40. The highest BCUT2D eigenvalue weighted by Gasteiger charge is 2.50. The molecule has 3 atom stereocenters. The van der Waals surface area contributed by atoms with E-state index >= 15 is 0 Å². The predicted octanol–water partition coefficient (Wildman–Crippen LogP) is 3.41. The van der Waals surface area contributed by atoms with Crippen molar-refractivity contribution >= 4 is 51.7 Å². The van der Waals surface area contributed by atoms with E-state index in [0.29, 0.717) is 12.2 Å². The minimum atomic E-state index is -1.20. The summed E-state index contributed by atoms with van der Waals surface area (Å²) in [6.07, 6.45) is -0.584. The van der Waals surface area contributed by atoms with Gasteiger partial charge in [0.05, 0.1) is 18.2 Å². The van der Waals surface area contributed by atoms with Crippen LogP contribution in [-0.4, -0.2) is 66.5 Å². The lowest BCUT2D eigenvalue weighted by molar-refractivity contribution is -0.177. The Bertz CT molecular complexity index is 1240. The number of nitrogens with one attached hydrogen (secondary N) is 1. The largest absolute Gasteiger partial charge is 0.462 e. The molecule has 12 nitrogen and oxygen atoms in total. The number of esters is 2. The van der Waals surface area contributed by atoms with Gasteiger partial charge in [-0.1, -0.05) is 39.5 Å². The van der Waals surface area contributed by atoms with E-state index in [0.717, 1.165) is 11.8 Å². The third kappa shape index (κ3) is 7.72. The van der Waals surface area contributed by atoms with Crippen LogP contribution < -0.4 is 5.32 Å². The zero-order chi connectivity index (χ0) is 28.9. The van der Waals surface area contributed by atoms with Crippen LogP contribution in [0.15, 0.2) is 6.33 Å². The normalized spacial score (nSPS) is 20.9. The Hall–Kier alpha value is -3.13. The Morgan fingerprint density at radius 3 is 2.54 bits per heavy atom. The van der Waals surface area contributed by atoms with Crippen LogP contribution in [0.2, 0.25) is 0 Å². The molecule has 1 N–H and O–H groups in total. The van der Waals surface area contributed by atoms with E-state index in [4.69, 9.17) is 14.2 Å². The van der Waals surface area contributed by atoms with Crippen molar-refractivity contribution in [3.05, 3.63) is 12.4 Å². The van der Waals surface area contributed by atoms with Gasteiger partial charge in [0, 0.05) is 25.5 Å². The third-order valence-corrected chi connectivity index (χ3v) is 6.92. The summed E-state index contributed by atoms with van der Waals surface area (Å²) in [6, 6.07) is 0. The van der Waals surface area contributed by atoms with Crippen LogP contribution in [0.25, 0.3) is 11.2 Å². The molecule has 1 saturated heterocycles. The van der Waals surface area contributed by atoms with E-state index in [2.05, 4.69) is 20.3 Å². The van der Waals surface area contributed by atoms with Crippen molar-refractivity contribution in [1.82, 2.24) is 19.5 Å². The average Bonchev–Trinajstić information content (AvgIpc) is 3.41. The Morgan fingerprint density at radius 1 is 1.21 bits per heavy atom. The topological polar surface area (TPSA) is 152 Å². The molecular weight excluding hydrogens is 533 g/mol. The van der Waals surface area contributed by atoms with Crippen LogP contribution in [0, 0.1) is 17.9 Å². The maximum Gasteiger partial charge on any atom is 0.312 e. The van der Waals surface area contributed by atoms with Crippen LogP contribution in [0.1, 0.15) is 67.0 Å². The summed E-state index contributed by atoms with van der Waals surface area (Å²) in [5, 5.41) is 2.52. The van der Waals surface area contributed by atoms with Crippen LogP contribution in [0.3, 0.4) is 0 Å². The monoisotopic (exact) mass is 567 g/mol. The number of anilines is 1. The van der Waals surface area contributed by atoms with E-state index in [9.17, 15) is 23.6 Å². The minimum absolute atomic E-state index is 0.0370. The minimum Gasteiger partial charge on any atom is -0.462 e. The molecule has 1 aliphatic rings. The lowest BCUT2D eigenvalue weighted by Crippen LogP contribution is -2.44. The molecule has 0 spiro atoms. The number of carbonyl (C=O) groups excluding carboxylic acids is 4. The van der Waals surface area contributed by atoms with Crippen molar-refractivity contribution < 1.29 is 37.8 Å². The third-order valence-electron chi connectivity index (χ3n) is 6.02. The molecule has 0 bridgehead atoms. The molecule has 1 amide bonds. The number of aromatic nitrogens is 4. The van der Waals surface area contributed by atoms with Crippen molar-refractivity contribution in [2.24, 2.45) is 11.8 Å². The Labute approximate surface area is 229 Å². The number of amides is 1. The van der Waals surface area contributed by atoms with E-state index < -0.39 is 47.8 Å². The van der Waals surface area contributed by atoms with Gasteiger partial charge in [0.2, 0.25) is 5.91 Å². The number of nitrogens with zero attached hydrogens (tertiary/aromatic N) is 4. The molecule has 3 heterocycles. The maximum atomic E-state index is 14.4. The van der Waals surface area contributed by atoms with E-state index in [1.165, 1.54) is 17.8 Å². The van der Waals surface area contributed by atoms with Crippen molar-refractivity contribution in [2.75, 3.05) is 17.7 Å². The Kier molecular flexibility index (Phi) is 9.99. The molecule has 0 aliphatic carbocycles. The van der Waals surface area contributed by atoms with Crippen LogP contribution >= 0.6 is 11.8 Å². The van der Waals surface area contributed by atoms with Crippen molar-refractivity contribution in [3.63, 3.8) is 0 Å². The lowest BCUT2D eigenvalue weighted by Gasteiger charge is -2.30. The van der Waals surface area contributed by atoms with Crippen molar-refractivity contribution in [2.45, 2.75) is 78.7 Å². The summed E-state index contributed by atoms with van der Waals surface area (Å²) in [7, 11) is 0. The number of hydrogen-bond donors (Lipinski definition) is 1. The second kappa shape index (κ2) is 12.8. The summed E-state index contributed by atoms with van der Waals surface area (Å²) >= 11 is 1.12. The first kappa shape index (κ1) is 30.4. The zero-order valence-corrected chi connectivity index (χ0v) is 23.7. The lowest BCUT2D eigenvalue weighted by atomic mass is 9.99. The fourth-order valence-corrected chi connectivity index (χ4v) is 4.40. The molecule has 14 heteroatoms. The standard InChI is InChI=1S/C25H34FN5O7S/c1-13(2)22(34)36-11-25(6)16(37-23(35)14(3)4)10-18(38-25)31-12-27-19-20(29-24(26)30-21(19)31)28-17(33)8-7-9-39-15(5)32/h12-14,16,18H,7-11H2,1-6H3,(H,28,29,30,33)/t16-,18+,25+/m0/s1. The Balaban J connectivity index is 1.83. The molecule has 1 fully saturated rings. The van der Waals surface area contributed by atoms with Crippen LogP contribution in [-0.2, 0) is 33.4 Å². The molecule has 39 heavy (non-hydrogen) atoms. The fraction of sp³-hybridized carbons (Fsp3) is 0.640. The van der Waals surface area contributed by atoms with Gasteiger partial charge in [-0.2, -0.15) is 14.4 Å². The van der Waals surface area contributed by atoms with Gasteiger partial charge >= 0.3 is 18.0 Å². The maximum absolute atomic E-state index is 14.4. The van der Waals surface area contributed by atoms with Gasteiger partial charge in [-0.15, -0.1) is 0 Å². The zero-order valence-electron chi connectivity index (χ0n) is 22.9. The molecule has 0 radical (unpaired) electrons. The smallest absolute Gasteiger partial charge is 0.312 e. The molecule has 0 unspecified atom stereocenters. The molecular formula is C25H34FN5O7S. The number of halogens is 1. The van der Waals surface area contributed by atoms with Gasteiger partial charge in [-0.3, -0.25) is 23.7 Å². The highest BCUT2D eigenvalue weighted by molar-refractivity contribution is 8.13. The number of imidazole rings is 1. The van der Waals surface area contributed by atoms with Gasteiger partial charge in [-0.05, 0) is 13.3 Å². The SMILES string of the molecule is CC(=O)SCCCC(=O)Nc1nc(F)nc2c1ncn2[C@H]1C[C@H](OC(=O)C(C)C)[C@@](C)(COC(=O)C(C)C)O1. The van der Waals surface area contributed by atoms with E-state index in [1.54, 1.807) is 34.6 Å². The van der Waals surface area contributed by atoms with Gasteiger partial charge in [-0.25, -0.2) is 4.98 Å². The summed E-state index contributed by atoms with van der Waals surface area (Å²) in [4.78, 5) is 59.8. The first-order valence-electron chi connectivity index (χ1n) is 12.7. The summed E-state index contributed by atoms with van der Waals surface area (Å²) < 4.78 is 33.3. The van der Waals surface area contributed by atoms with Gasteiger partial charge in [0.1, 0.15) is 24.5 Å². The van der Waals surface area contributed by atoms with Gasteiger partial charge in [0.25, 0.3) is 0 Å². The van der Waals surface area contributed by atoms with E-state index in [-0.39, 0.29) is 47.5 Å². The number of hydrogen-bond acceptors (Lipinski definition) is 11. The van der Waals surface area contributed by atoms with Gasteiger partial charge < -0.3 is 19.5 Å². The second-order valence-corrected chi connectivity index (χ2v) is 11.4.